The van der Waals surface area contributed by atoms with Crippen LogP contribution in [0.15, 0.2) is 40.9 Å². The first-order chi connectivity index (χ1) is 8.94. The van der Waals surface area contributed by atoms with Crippen molar-refractivity contribution in [2.24, 2.45) is 0 Å². The van der Waals surface area contributed by atoms with Crippen molar-refractivity contribution in [2.75, 3.05) is 5.32 Å². The molecule has 0 heterocycles. The van der Waals surface area contributed by atoms with Crippen molar-refractivity contribution in [3.8, 4) is 0 Å². The zero-order chi connectivity index (χ0) is 14.0. The van der Waals surface area contributed by atoms with Crippen LogP contribution in [-0.2, 0) is 0 Å². The Morgan fingerprint density at radius 3 is 2.05 bits per heavy atom. The van der Waals surface area contributed by atoms with Crippen LogP contribution in [0.5, 0.6) is 0 Å². The van der Waals surface area contributed by atoms with Gasteiger partial charge in [-0.25, -0.2) is 13.2 Å². The standard InChI is InChI=1S/C13H7BrF3NO/c14-8-1-7(2-9(15)3-8)13(19)18-12-5-10(16)4-11(17)6-12/h1-6H,(H,18,19). The molecule has 0 unspecified atom stereocenters. The smallest absolute Gasteiger partial charge is 0.255 e. The van der Waals surface area contributed by atoms with Gasteiger partial charge >= 0.3 is 0 Å². The van der Waals surface area contributed by atoms with E-state index < -0.39 is 23.4 Å². The van der Waals surface area contributed by atoms with Crippen LogP contribution in [0.4, 0.5) is 18.9 Å². The number of anilines is 1. The highest BCUT2D eigenvalue weighted by Crippen LogP contribution is 2.18. The summed E-state index contributed by atoms with van der Waals surface area (Å²) in [5.41, 5.74) is -0.000530. The lowest BCUT2D eigenvalue weighted by atomic mass is 10.2. The molecule has 0 aliphatic rings. The van der Waals surface area contributed by atoms with Crippen LogP contribution in [0, 0.1) is 17.5 Å². The van der Waals surface area contributed by atoms with E-state index in [1.165, 1.54) is 12.1 Å². The summed E-state index contributed by atoms with van der Waals surface area (Å²) in [4.78, 5) is 11.8. The third kappa shape index (κ3) is 3.57. The topological polar surface area (TPSA) is 29.1 Å². The minimum Gasteiger partial charge on any atom is -0.322 e. The van der Waals surface area contributed by atoms with Gasteiger partial charge in [-0.15, -0.1) is 0 Å². The minimum atomic E-state index is -0.810. The molecule has 0 spiro atoms. The molecule has 0 aliphatic heterocycles. The van der Waals surface area contributed by atoms with Gasteiger partial charge in [-0.1, -0.05) is 15.9 Å². The molecule has 2 rings (SSSR count). The first kappa shape index (κ1) is 13.6. The van der Waals surface area contributed by atoms with Crippen molar-refractivity contribution >= 4 is 27.5 Å². The fourth-order valence-corrected chi connectivity index (χ4v) is 1.98. The molecule has 0 radical (unpaired) electrons. The number of rotatable bonds is 2. The summed E-state index contributed by atoms with van der Waals surface area (Å²) >= 11 is 3.05. The highest BCUT2D eigenvalue weighted by Gasteiger charge is 2.10. The van der Waals surface area contributed by atoms with Crippen molar-refractivity contribution in [3.63, 3.8) is 0 Å². The van der Waals surface area contributed by atoms with Gasteiger partial charge < -0.3 is 5.32 Å². The maximum atomic E-state index is 13.1. The normalized spacial score (nSPS) is 10.3. The Hall–Kier alpha value is -1.82. The van der Waals surface area contributed by atoms with E-state index in [9.17, 15) is 18.0 Å². The van der Waals surface area contributed by atoms with Crippen LogP contribution in [0.25, 0.3) is 0 Å². The molecule has 2 aromatic rings. The van der Waals surface area contributed by atoms with Crippen LogP contribution in [0.3, 0.4) is 0 Å². The lowest BCUT2D eigenvalue weighted by Gasteiger charge is -2.06. The first-order valence-corrected chi connectivity index (χ1v) is 5.97. The van der Waals surface area contributed by atoms with E-state index in [0.717, 1.165) is 18.2 Å². The molecule has 0 fully saturated rings. The van der Waals surface area contributed by atoms with Crippen LogP contribution in [0.1, 0.15) is 10.4 Å². The Kier molecular flexibility index (Phi) is 3.90. The first-order valence-electron chi connectivity index (χ1n) is 5.17. The molecular formula is C13H7BrF3NO. The molecule has 2 aromatic carbocycles. The highest BCUT2D eigenvalue weighted by molar-refractivity contribution is 9.10. The Morgan fingerprint density at radius 1 is 0.895 bits per heavy atom. The maximum Gasteiger partial charge on any atom is 0.255 e. The number of hydrogen-bond acceptors (Lipinski definition) is 1. The minimum absolute atomic E-state index is 0.0385. The SMILES string of the molecule is O=C(Nc1cc(F)cc(F)c1)c1cc(F)cc(Br)c1. The molecule has 0 saturated carbocycles. The molecule has 0 saturated heterocycles. The quantitative estimate of drug-likeness (QED) is 0.882. The number of amides is 1. The molecule has 1 N–H and O–H groups in total. The average Bonchev–Trinajstić information content (AvgIpc) is 2.25. The average molecular weight is 330 g/mol. The van der Waals surface area contributed by atoms with Gasteiger partial charge in [-0.3, -0.25) is 4.79 Å². The molecule has 98 valence electrons. The van der Waals surface area contributed by atoms with Crippen LogP contribution < -0.4 is 5.32 Å². The van der Waals surface area contributed by atoms with Gasteiger partial charge in [0.2, 0.25) is 0 Å². The van der Waals surface area contributed by atoms with Gasteiger partial charge in [0.15, 0.2) is 0 Å². The van der Waals surface area contributed by atoms with Crippen molar-refractivity contribution in [3.05, 3.63) is 63.9 Å². The molecule has 19 heavy (non-hydrogen) atoms. The molecule has 6 heteroatoms. The molecular weight excluding hydrogens is 323 g/mol. The molecule has 1 amide bonds. The Balaban J connectivity index is 2.25. The van der Waals surface area contributed by atoms with Gasteiger partial charge in [0.1, 0.15) is 17.5 Å². The predicted molar refractivity (Wildman–Crippen MR) is 68.4 cm³/mol. The monoisotopic (exact) mass is 329 g/mol. The van der Waals surface area contributed by atoms with Crippen molar-refractivity contribution in [1.29, 1.82) is 0 Å². The number of carbonyl (C=O) groups excluding carboxylic acids is 1. The van der Waals surface area contributed by atoms with Gasteiger partial charge in [0, 0.05) is 21.8 Å². The van der Waals surface area contributed by atoms with Gasteiger partial charge in [0.25, 0.3) is 5.91 Å². The summed E-state index contributed by atoms with van der Waals surface area (Å²) in [5.74, 6) is -2.87. The van der Waals surface area contributed by atoms with E-state index >= 15 is 0 Å². The van der Waals surface area contributed by atoms with Crippen molar-refractivity contribution in [2.45, 2.75) is 0 Å². The summed E-state index contributed by atoms with van der Waals surface area (Å²) in [6.07, 6.45) is 0. The van der Waals surface area contributed by atoms with E-state index in [-0.39, 0.29) is 11.3 Å². The van der Waals surface area contributed by atoms with E-state index in [4.69, 9.17) is 0 Å². The maximum absolute atomic E-state index is 13.1. The molecule has 0 bridgehead atoms. The van der Waals surface area contributed by atoms with E-state index in [0.29, 0.717) is 10.5 Å². The molecule has 2 nitrogen and oxygen atoms in total. The highest BCUT2D eigenvalue weighted by atomic mass is 79.9. The largest absolute Gasteiger partial charge is 0.322 e. The Morgan fingerprint density at radius 2 is 1.47 bits per heavy atom. The second-order valence-corrected chi connectivity index (χ2v) is 4.69. The molecule has 0 atom stereocenters. The number of benzene rings is 2. The summed E-state index contributed by atoms with van der Waals surface area (Å²) < 4.78 is 39.4. The van der Waals surface area contributed by atoms with Gasteiger partial charge in [-0.05, 0) is 30.3 Å². The summed E-state index contributed by atoms with van der Waals surface area (Å²) in [5, 5.41) is 2.29. The second kappa shape index (κ2) is 5.44. The third-order valence-electron chi connectivity index (χ3n) is 2.25. The summed E-state index contributed by atoms with van der Waals surface area (Å²) in [6, 6.07) is 6.24. The molecule has 0 aromatic heterocycles. The fourth-order valence-electron chi connectivity index (χ4n) is 1.51. The lowest BCUT2D eigenvalue weighted by molar-refractivity contribution is 0.102. The Labute approximate surface area is 115 Å². The van der Waals surface area contributed by atoms with Crippen LogP contribution in [-0.4, -0.2) is 5.91 Å². The summed E-state index contributed by atoms with van der Waals surface area (Å²) in [6.45, 7) is 0. The number of carbonyl (C=O) groups is 1. The Bertz CT molecular complexity index is 605. The third-order valence-corrected chi connectivity index (χ3v) is 2.70. The number of halogens is 4. The van der Waals surface area contributed by atoms with E-state index in [1.807, 2.05) is 0 Å². The lowest BCUT2D eigenvalue weighted by Crippen LogP contribution is -2.12. The van der Waals surface area contributed by atoms with Crippen LogP contribution >= 0.6 is 15.9 Å². The zero-order valence-electron chi connectivity index (χ0n) is 9.38. The van der Waals surface area contributed by atoms with Crippen molar-refractivity contribution in [1.82, 2.24) is 0 Å². The van der Waals surface area contributed by atoms with Gasteiger partial charge in [-0.2, -0.15) is 0 Å². The zero-order valence-corrected chi connectivity index (χ0v) is 11.0. The summed E-state index contributed by atoms with van der Waals surface area (Å²) in [7, 11) is 0. The van der Waals surface area contributed by atoms with Crippen LogP contribution in [0.2, 0.25) is 0 Å². The molecule has 0 aliphatic carbocycles. The van der Waals surface area contributed by atoms with Crippen molar-refractivity contribution < 1.29 is 18.0 Å². The second-order valence-electron chi connectivity index (χ2n) is 3.77. The van der Waals surface area contributed by atoms with E-state index in [1.54, 1.807) is 0 Å². The number of nitrogens with one attached hydrogen (secondary N) is 1. The van der Waals surface area contributed by atoms with Gasteiger partial charge in [0.05, 0.1) is 0 Å². The number of hydrogen-bond donors (Lipinski definition) is 1. The van der Waals surface area contributed by atoms with E-state index in [2.05, 4.69) is 21.2 Å². The fraction of sp³-hybridized carbons (Fsp3) is 0. The predicted octanol–water partition coefficient (Wildman–Crippen LogP) is 4.12.